The maximum absolute atomic E-state index is 14.5. The SMILES string of the molecule is CCOC(=O)C1C(=O)C=C(c2cccs2)CC1c1c(F)cccc1Cl. The molecular weight excluding hydrogens is 363 g/mol. The minimum absolute atomic E-state index is 0.155. The summed E-state index contributed by atoms with van der Waals surface area (Å²) in [5.41, 5.74) is 0.975. The van der Waals surface area contributed by atoms with Gasteiger partial charge in [0.2, 0.25) is 0 Å². The molecule has 130 valence electrons. The van der Waals surface area contributed by atoms with Crippen molar-refractivity contribution in [1.82, 2.24) is 0 Å². The summed E-state index contributed by atoms with van der Waals surface area (Å²) < 4.78 is 19.5. The van der Waals surface area contributed by atoms with Crippen LogP contribution in [0, 0.1) is 11.7 Å². The fourth-order valence-electron chi connectivity index (χ4n) is 3.15. The second-order valence-corrected chi connectivity index (χ2v) is 7.08. The summed E-state index contributed by atoms with van der Waals surface area (Å²) >= 11 is 7.70. The van der Waals surface area contributed by atoms with Gasteiger partial charge in [0.15, 0.2) is 5.78 Å². The number of carbonyl (C=O) groups excluding carboxylic acids is 2. The third-order valence-electron chi connectivity index (χ3n) is 4.21. The lowest BCUT2D eigenvalue weighted by Gasteiger charge is -2.29. The molecule has 0 radical (unpaired) electrons. The van der Waals surface area contributed by atoms with E-state index in [4.69, 9.17) is 16.3 Å². The average molecular weight is 379 g/mol. The monoisotopic (exact) mass is 378 g/mol. The Labute approximate surface area is 154 Å². The van der Waals surface area contributed by atoms with Crippen molar-refractivity contribution in [2.24, 2.45) is 5.92 Å². The highest BCUT2D eigenvalue weighted by molar-refractivity contribution is 7.11. The number of rotatable bonds is 4. The van der Waals surface area contributed by atoms with Crippen LogP contribution in [-0.4, -0.2) is 18.4 Å². The zero-order valence-electron chi connectivity index (χ0n) is 13.5. The van der Waals surface area contributed by atoms with E-state index >= 15 is 0 Å². The van der Waals surface area contributed by atoms with E-state index in [1.807, 2.05) is 17.5 Å². The molecule has 1 aromatic heterocycles. The van der Waals surface area contributed by atoms with Gasteiger partial charge in [-0.2, -0.15) is 0 Å². The molecule has 0 aliphatic heterocycles. The number of allylic oxidation sites excluding steroid dienone is 2. The van der Waals surface area contributed by atoms with Crippen molar-refractivity contribution in [3.63, 3.8) is 0 Å². The standard InChI is InChI=1S/C19H16ClFO3S/c1-2-24-19(23)18-12(17-13(20)5-3-6-14(17)21)9-11(10-15(18)22)16-7-4-8-25-16/h3-8,10,12,18H,2,9H2,1H3. The van der Waals surface area contributed by atoms with E-state index in [1.165, 1.54) is 29.5 Å². The molecule has 0 amide bonds. The number of halogens is 2. The van der Waals surface area contributed by atoms with Crippen LogP contribution in [0.2, 0.25) is 5.02 Å². The van der Waals surface area contributed by atoms with E-state index < -0.39 is 23.6 Å². The van der Waals surface area contributed by atoms with Crippen LogP contribution in [0.4, 0.5) is 4.39 Å². The van der Waals surface area contributed by atoms with E-state index in [2.05, 4.69) is 0 Å². The van der Waals surface area contributed by atoms with Crippen molar-refractivity contribution in [1.29, 1.82) is 0 Å². The second-order valence-electron chi connectivity index (χ2n) is 5.72. The Morgan fingerprint density at radius 3 is 2.80 bits per heavy atom. The second kappa shape index (κ2) is 7.50. The van der Waals surface area contributed by atoms with Gasteiger partial charge >= 0.3 is 5.97 Å². The molecule has 0 saturated heterocycles. The summed E-state index contributed by atoms with van der Waals surface area (Å²) in [6, 6.07) is 8.14. The molecule has 25 heavy (non-hydrogen) atoms. The number of hydrogen-bond donors (Lipinski definition) is 0. The quantitative estimate of drug-likeness (QED) is 0.563. The van der Waals surface area contributed by atoms with Gasteiger partial charge in [0.05, 0.1) is 6.61 Å². The molecule has 3 nitrogen and oxygen atoms in total. The summed E-state index contributed by atoms with van der Waals surface area (Å²) in [6.45, 7) is 1.82. The zero-order valence-corrected chi connectivity index (χ0v) is 15.1. The van der Waals surface area contributed by atoms with Gasteiger partial charge in [0, 0.05) is 21.4 Å². The van der Waals surface area contributed by atoms with E-state index in [9.17, 15) is 14.0 Å². The smallest absolute Gasteiger partial charge is 0.317 e. The number of benzene rings is 1. The highest BCUT2D eigenvalue weighted by Gasteiger charge is 2.41. The van der Waals surface area contributed by atoms with Crippen LogP contribution in [0.3, 0.4) is 0 Å². The molecule has 2 aromatic rings. The Morgan fingerprint density at radius 2 is 2.16 bits per heavy atom. The maximum Gasteiger partial charge on any atom is 0.317 e. The minimum Gasteiger partial charge on any atom is -0.465 e. The molecule has 0 fully saturated rings. The fraction of sp³-hybridized carbons (Fsp3) is 0.263. The van der Waals surface area contributed by atoms with Crippen molar-refractivity contribution in [3.8, 4) is 0 Å². The van der Waals surface area contributed by atoms with Crippen LogP contribution in [-0.2, 0) is 14.3 Å². The highest BCUT2D eigenvalue weighted by Crippen LogP contribution is 2.44. The maximum atomic E-state index is 14.5. The molecule has 0 saturated carbocycles. The van der Waals surface area contributed by atoms with E-state index in [-0.39, 0.29) is 23.0 Å². The lowest BCUT2D eigenvalue weighted by molar-refractivity contribution is -0.151. The first-order valence-corrected chi connectivity index (χ1v) is 9.17. The lowest BCUT2D eigenvalue weighted by Crippen LogP contribution is -2.34. The van der Waals surface area contributed by atoms with Crippen molar-refractivity contribution in [2.45, 2.75) is 19.3 Å². The van der Waals surface area contributed by atoms with E-state index in [0.717, 1.165) is 10.5 Å². The lowest BCUT2D eigenvalue weighted by atomic mass is 9.74. The van der Waals surface area contributed by atoms with Gasteiger partial charge in [-0.1, -0.05) is 23.7 Å². The van der Waals surface area contributed by atoms with E-state index in [1.54, 1.807) is 13.0 Å². The molecule has 1 heterocycles. The van der Waals surface area contributed by atoms with Gasteiger partial charge in [0.1, 0.15) is 11.7 Å². The summed E-state index contributed by atoms with van der Waals surface area (Å²) in [7, 11) is 0. The van der Waals surface area contributed by atoms with Crippen LogP contribution in [0.15, 0.2) is 41.8 Å². The fourth-order valence-corrected chi connectivity index (χ4v) is 4.21. The van der Waals surface area contributed by atoms with Crippen LogP contribution in [0.5, 0.6) is 0 Å². The number of hydrogen-bond acceptors (Lipinski definition) is 4. The third-order valence-corrected chi connectivity index (χ3v) is 5.49. The van der Waals surface area contributed by atoms with Gasteiger partial charge in [-0.25, -0.2) is 4.39 Å². The highest BCUT2D eigenvalue weighted by atomic mass is 35.5. The molecule has 3 rings (SSSR count). The van der Waals surface area contributed by atoms with Crippen LogP contribution in [0.1, 0.15) is 29.7 Å². The number of carbonyl (C=O) groups is 2. The molecule has 6 heteroatoms. The molecule has 2 unspecified atom stereocenters. The Hall–Kier alpha value is -1.98. The predicted molar refractivity (Wildman–Crippen MR) is 96.2 cm³/mol. The van der Waals surface area contributed by atoms with E-state index in [0.29, 0.717) is 6.42 Å². The molecule has 1 aliphatic carbocycles. The molecule has 0 spiro atoms. The zero-order chi connectivity index (χ0) is 18.0. The Kier molecular flexibility index (Phi) is 5.35. The average Bonchev–Trinajstić information content (AvgIpc) is 3.09. The van der Waals surface area contributed by atoms with Crippen molar-refractivity contribution in [2.75, 3.05) is 6.61 Å². The number of thiophene rings is 1. The predicted octanol–water partition coefficient (Wildman–Crippen LogP) is 4.86. The number of ketones is 1. The number of esters is 1. The van der Waals surface area contributed by atoms with Gasteiger partial charge < -0.3 is 4.74 Å². The van der Waals surface area contributed by atoms with Crippen LogP contribution >= 0.6 is 22.9 Å². The Balaban J connectivity index is 2.09. The Bertz CT molecular complexity index is 809. The first-order valence-electron chi connectivity index (χ1n) is 7.91. The van der Waals surface area contributed by atoms with Crippen LogP contribution < -0.4 is 0 Å². The molecule has 2 atom stereocenters. The van der Waals surface area contributed by atoms with Gasteiger partial charge in [-0.3, -0.25) is 9.59 Å². The van der Waals surface area contributed by atoms with Crippen molar-refractivity contribution in [3.05, 3.63) is 63.1 Å². The van der Waals surface area contributed by atoms with Gasteiger partial charge in [0.25, 0.3) is 0 Å². The molecule has 1 aromatic carbocycles. The molecule has 0 N–H and O–H groups in total. The molecule has 1 aliphatic rings. The summed E-state index contributed by atoms with van der Waals surface area (Å²) in [6.07, 6.45) is 1.81. The number of ether oxygens (including phenoxy) is 1. The first-order chi connectivity index (χ1) is 12.0. The third kappa shape index (κ3) is 3.53. The van der Waals surface area contributed by atoms with Gasteiger partial charge in [-0.15, -0.1) is 11.3 Å². The first kappa shape index (κ1) is 17.8. The summed E-state index contributed by atoms with van der Waals surface area (Å²) in [5.74, 6) is -3.32. The topological polar surface area (TPSA) is 43.4 Å². The van der Waals surface area contributed by atoms with Crippen molar-refractivity contribution < 1.29 is 18.7 Å². The summed E-state index contributed by atoms with van der Waals surface area (Å²) in [4.78, 5) is 26.0. The molecular formula is C19H16ClFO3S. The van der Waals surface area contributed by atoms with Crippen LogP contribution in [0.25, 0.3) is 5.57 Å². The largest absolute Gasteiger partial charge is 0.465 e. The normalized spacial score (nSPS) is 20.3. The van der Waals surface area contributed by atoms with Crippen molar-refractivity contribution >= 4 is 40.3 Å². The van der Waals surface area contributed by atoms with Gasteiger partial charge in [-0.05, 0) is 48.6 Å². The Morgan fingerprint density at radius 1 is 1.36 bits per heavy atom. The summed E-state index contributed by atoms with van der Waals surface area (Å²) in [5, 5.41) is 2.11. The molecule has 0 bridgehead atoms. The minimum atomic E-state index is -1.09.